The lowest BCUT2D eigenvalue weighted by Crippen LogP contribution is -2.61. The molecular formula is C15H20O7. The van der Waals surface area contributed by atoms with Gasteiger partial charge in [0.25, 0.3) is 0 Å². The van der Waals surface area contributed by atoms with E-state index in [0.717, 1.165) is 5.56 Å². The first-order chi connectivity index (χ1) is 10.2. The van der Waals surface area contributed by atoms with E-state index in [0.29, 0.717) is 0 Å². The molecule has 0 bridgehead atoms. The molecule has 1 saturated heterocycles. The molecule has 0 aliphatic carbocycles. The first-order valence-electron chi connectivity index (χ1n) is 6.90. The number of hydrogen-bond acceptors (Lipinski definition) is 6. The third-order valence-electron chi connectivity index (χ3n) is 3.69. The highest BCUT2D eigenvalue weighted by atomic mass is 16.7. The number of rotatable bonds is 4. The predicted molar refractivity (Wildman–Crippen MR) is 74.9 cm³/mol. The maximum atomic E-state index is 11.1. The van der Waals surface area contributed by atoms with E-state index in [2.05, 4.69) is 0 Å². The molecule has 1 heterocycles. The average molecular weight is 312 g/mol. The molecule has 7 nitrogen and oxygen atoms in total. The second-order valence-corrected chi connectivity index (χ2v) is 5.73. The van der Waals surface area contributed by atoms with Crippen molar-refractivity contribution < 1.29 is 34.7 Å². The van der Waals surface area contributed by atoms with Crippen molar-refractivity contribution in [2.75, 3.05) is 0 Å². The Morgan fingerprint density at radius 1 is 1.09 bits per heavy atom. The molecule has 0 spiro atoms. The van der Waals surface area contributed by atoms with Crippen molar-refractivity contribution in [1.82, 2.24) is 0 Å². The third kappa shape index (κ3) is 3.29. The smallest absolute Gasteiger partial charge is 0.335 e. The summed E-state index contributed by atoms with van der Waals surface area (Å²) in [4.78, 5) is 11.1. The Morgan fingerprint density at radius 2 is 1.68 bits per heavy atom. The third-order valence-corrected chi connectivity index (χ3v) is 3.69. The molecule has 1 aliphatic heterocycles. The zero-order valence-electron chi connectivity index (χ0n) is 12.3. The number of aliphatic hydroxyl groups excluding tert-OH is 3. The maximum absolute atomic E-state index is 11.1. The highest BCUT2D eigenvalue weighted by molar-refractivity contribution is 5.73. The van der Waals surface area contributed by atoms with Gasteiger partial charge < -0.3 is 29.9 Å². The predicted octanol–water partition coefficient (Wildman–Crippen LogP) is -0.169. The SMILES string of the molecule is CC(C)(O[C@@H]1O[C@H](C(=O)O)[C@@H](O)[C@H](O)[C@H]1O)c1ccccc1. The fourth-order valence-corrected chi connectivity index (χ4v) is 2.35. The minimum Gasteiger partial charge on any atom is -0.479 e. The number of aliphatic hydroxyl groups is 3. The lowest BCUT2D eigenvalue weighted by molar-refractivity contribution is -0.318. The van der Waals surface area contributed by atoms with E-state index in [4.69, 9.17) is 14.6 Å². The van der Waals surface area contributed by atoms with E-state index < -0.39 is 42.3 Å². The van der Waals surface area contributed by atoms with Gasteiger partial charge in [-0.05, 0) is 19.4 Å². The molecule has 1 aromatic carbocycles. The van der Waals surface area contributed by atoms with E-state index in [1.165, 1.54) is 0 Å². The van der Waals surface area contributed by atoms with Crippen LogP contribution in [0, 0.1) is 0 Å². The number of carboxylic acid groups (broad SMARTS) is 1. The summed E-state index contributed by atoms with van der Waals surface area (Å²) in [6, 6.07) is 9.10. The number of carbonyl (C=O) groups is 1. The molecule has 1 aliphatic rings. The standard InChI is InChI=1S/C15H20O7/c1-15(2,8-6-4-3-5-7-8)22-14-11(18)9(16)10(17)12(21-14)13(19)20/h3-7,9-12,14,16-18H,1-2H3,(H,19,20)/t9-,10-,11+,12-,14-/m0/s1. The number of ether oxygens (including phenoxy) is 2. The van der Waals surface area contributed by atoms with Crippen LogP contribution in [0.2, 0.25) is 0 Å². The molecule has 5 atom stereocenters. The van der Waals surface area contributed by atoms with Crippen LogP contribution < -0.4 is 0 Å². The minimum atomic E-state index is -1.73. The highest BCUT2D eigenvalue weighted by Crippen LogP contribution is 2.31. The summed E-state index contributed by atoms with van der Waals surface area (Å²) in [6.45, 7) is 3.46. The van der Waals surface area contributed by atoms with Crippen LogP contribution >= 0.6 is 0 Å². The molecule has 4 N–H and O–H groups in total. The molecular weight excluding hydrogens is 292 g/mol. The number of hydrogen-bond donors (Lipinski definition) is 4. The second-order valence-electron chi connectivity index (χ2n) is 5.73. The van der Waals surface area contributed by atoms with Gasteiger partial charge in [-0.15, -0.1) is 0 Å². The lowest BCUT2D eigenvalue weighted by Gasteiger charge is -2.41. The van der Waals surface area contributed by atoms with Crippen molar-refractivity contribution in [3.05, 3.63) is 35.9 Å². The Balaban J connectivity index is 2.19. The van der Waals surface area contributed by atoms with Gasteiger partial charge in [-0.2, -0.15) is 0 Å². The van der Waals surface area contributed by atoms with Crippen molar-refractivity contribution >= 4 is 5.97 Å². The van der Waals surface area contributed by atoms with Crippen LogP contribution in [0.4, 0.5) is 0 Å². The van der Waals surface area contributed by atoms with Crippen LogP contribution in [-0.4, -0.2) is 57.1 Å². The molecule has 2 rings (SSSR count). The van der Waals surface area contributed by atoms with Gasteiger partial charge in [-0.1, -0.05) is 30.3 Å². The van der Waals surface area contributed by atoms with Gasteiger partial charge in [-0.3, -0.25) is 0 Å². The van der Waals surface area contributed by atoms with Crippen molar-refractivity contribution in [3.63, 3.8) is 0 Å². The first kappa shape index (κ1) is 16.9. The Morgan fingerprint density at radius 3 is 2.23 bits per heavy atom. The van der Waals surface area contributed by atoms with E-state index >= 15 is 0 Å². The van der Waals surface area contributed by atoms with Gasteiger partial charge in [0, 0.05) is 0 Å². The summed E-state index contributed by atoms with van der Waals surface area (Å²) in [7, 11) is 0. The Kier molecular flexibility index (Phi) is 4.84. The molecule has 22 heavy (non-hydrogen) atoms. The van der Waals surface area contributed by atoms with Crippen molar-refractivity contribution in [1.29, 1.82) is 0 Å². The van der Waals surface area contributed by atoms with E-state index in [1.54, 1.807) is 13.8 Å². The quantitative estimate of drug-likeness (QED) is 0.610. The van der Waals surface area contributed by atoms with Crippen LogP contribution in [0.15, 0.2) is 30.3 Å². The van der Waals surface area contributed by atoms with Crippen molar-refractivity contribution in [2.45, 2.75) is 50.2 Å². The van der Waals surface area contributed by atoms with E-state index in [1.807, 2.05) is 30.3 Å². The number of benzene rings is 1. The zero-order chi connectivity index (χ0) is 16.5. The van der Waals surface area contributed by atoms with Gasteiger partial charge in [0.2, 0.25) is 0 Å². The van der Waals surface area contributed by atoms with Gasteiger partial charge in [-0.25, -0.2) is 4.79 Å². The van der Waals surface area contributed by atoms with Crippen LogP contribution in [0.1, 0.15) is 19.4 Å². The maximum Gasteiger partial charge on any atom is 0.335 e. The molecule has 0 aromatic heterocycles. The largest absolute Gasteiger partial charge is 0.479 e. The molecule has 122 valence electrons. The van der Waals surface area contributed by atoms with Gasteiger partial charge in [0.1, 0.15) is 18.3 Å². The monoisotopic (exact) mass is 312 g/mol. The van der Waals surface area contributed by atoms with Crippen LogP contribution in [0.25, 0.3) is 0 Å². The summed E-state index contributed by atoms with van der Waals surface area (Å²) in [5.74, 6) is -1.44. The van der Waals surface area contributed by atoms with Gasteiger partial charge >= 0.3 is 5.97 Å². The summed E-state index contributed by atoms with van der Waals surface area (Å²) >= 11 is 0. The summed E-state index contributed by atoms with van der Waals surface area (Å²) in [5, 5.41) is 38.4. The fraction of sp³-hybridized carbons (Fsp3) is 0.533. The van der Waals surface area contributed by atoms with Gasteiger partial charge in [0.05, 0.1) is 5.60 Å². The Hall–Kier alpha value is -1.51. The van der Waals surface area contributed by atoms with Crippen LogP contribution in [-0.2, 0) is 19.9 Å². The van der Waals surface area contributed by atoms with Crippen LogP contribution in [0.3, 0.4) is 0 Å². The molecule has 0 unspecified atom stereocenters. The molecule has 1 aromatic rings. The summed E-state index contributed by atoms with van der Waals surface area (Å²) in [6.07, 6.45) is -8.02. The Bertz CT molecular complexity index is 516. The fourth-order valence-electron chi connectivity index (χ4n) is 2.35. The highest BCUT2D eigenvalue weighted by Gasteiger charge is 2.48. The average Bonchev–Trinajstić information content (AvgIpc) is 2.48. The zero-order valence-corrected chi connectivity index (χ0v) is 12.3. The minimum absolute atomic E-state index is 0.790. The van der Waals surface area contributed by atoms with Crippen molar-refractivity contribution in [3.8, 4) is 0 Å². The van der Waals surface area contributed by atoms with Crippen LogP contribution in [0.5, 0.6) is 0 Å². The second kappa shape index (κ2) is 6.31. The molecule has 0 saturated carbocycles. The number of aliphatic carboxylic acids is 1. The molecule has 7 heteroatoms. The summed E-state index contributed by atoms with van der Waals surface area (Å²) in [5.41, 5.74) is -0.101. The first-order valence-corrected chi connectivity index (χ1v) is 6.90. The number of carboxylic acids is 1. The summed E-state index contributed by atoms with van der Waals surface area (Å²) < 4.78 is 10.8. The van der Waals surface area contributed by atoms with E-state index in [9.17, 15) is 20.1 Å². The Labute approximate surface area is 127 Å². The lowest BCUT2D eigenvalue weighted by atomic mass is 9.96. The molecule has 0 amide bonds. The molecule has 1 fully saturated rings. The molecule has 0 radical (unpaired) electrons. The van der Waals surface area contributed by atoms with E-state index in [-0.39, 0.29) is 0 Å². The topological polar surface area (TPSA) is 116 Å². The van der Waals surface area contributed by atoms with Crippen molar-refractivity contribution in [2.24, 2.45) is 0 Å². The van der Waals surface area contributed by atoms with Gasteiger partial charge in [0.15, 0.2) is 12.4 Å². The normalized spacial score (nSPS) is 32.7.